The number of benzene rings is 8. The van der Waals surface area contributed by atoms with Gasteiger partial charge in [0.25, 0.3) is 0 Å². The van der Waals surface area contributed by atoms with E-state index in [1.54, 1.807) is 0 Å². The van der Waals surface area contributed by atoms with E-state index in [-0.39, 0.29) is 5.92 Å². The number of nitrogens with zero attached hydrogens (tertiary/aromatic N) is 1. The highest BCUT2D eigenvalue weighted by Crippen LogP contribution is 2.44. The van der Waals surface area contributed by atoms with Gasteiger partial charge < -0.3 is 4.42 Å². The van der Waals surface area contributed by atoms with E-state index in [1.807, 2.05) is 6.07 Å². The van der Waals surface area contributed by atoms with E-state index >= 15 is 0 Å². The Labute approximate surface area is 332 Å². The molecular weight excluding hydrogens is 691 g/mol. The van der Waals surface area contributed by atoms with Crippen LogP contribution < -0.4 is 0 Å². The molecule has 0 spiro atoms. The summed E-state index contributed by atoms with van der Waals surface area (Å²) >= 11 is 0. The van der Waals surface area contributed by atoms with Crippen molar-refractivity contribution in [3.63, 3.8) is 0 Å². The van der Waals surface area contributed by atoms with Crippen molar-refractivity contribution in [1.82, 2.24) is 0 Å². The Morgan fingerprint density at radius 3 is 2.04 bits per heavy atom. The number of furan rings is 1. The molecule has 8 aromatic carbocycles. The summed E-state index contributed by atoms with van der Waals surface area (Å²) in [6, 6.07) is 63.4. The van der Waals surface area contributed by atoms with E-state index in [0.717, 1.165) is 63.6 Å². The molecule has 1 aromatic heterocycles. The molecule has 11 rings (SSSR count). The molecule has 9 aromatic rings. The van der Waals surface area contributed by atoms with E-state index in [4.69, 9.17) is 9.41 Å². The molecule has 0 bridgehead atoms. The van der Waals surface area contributed by atoms with Crippen molar-refractivity contribution in [2.75, 3.05) is 0 Å². The van der Waals surface area contributed by atoms with E-state index in [0.29, 0.717) is 0 Å². The van der Waals surface area contributed by atoms with Crippen molar-refractivity contribution >= 4 is 66.0 Å². The third-order valence-corrected chi connectivity index (χ3v) is 12.0. The Morgan fingerprint density at radius 1 is 0.491 bits per heavy atom. The molecule has 0 N–H and O–H groups in total. The van der Waals surface area contributed by atoms with Gasteiger partial charge in [0, 0.05) is 33.5 Å². The van der Waals surface area contributed by atoms with E-state index in [9.17, 15) is 0 Å². The van der Waals surface area contributed by atoms with Gasteiger partial charge in [-0.3, -0.25) is 4.99 Å². The Morgan fingerprint density at radius 2 is 1.16 bits per heavy atom. The minimum absolute atomic E-state index is 0.166. The molecule has 57 heavy (non-hydrogen) atoms. The number of para-hydroxylation sites is 2. The highest BCUT2D eigenvalue weighted by molar-refractivity contribution is 6.15. The third kappa shape index (κ3) is 5.76. The zero-order valence-electron chi connectivity index (χ0n) is 31.5. The van der Waals surface area contributed by atoms with Crippen molar-refractivity contribution in [2.24, 2.45) is 4.99 Å². The van der Waals surface area contributed by atoms with Gasteiger partial charge in [-0.15, -0.1) is 0 Å². The van der Waals surface area contributed by atoms with Crippen molar-refractivity contribution < 1.29 is 4.42 Å². The largest absolute Gasteiger partial charge is 0.455 e. The Balaban J connectivity index is 1.13. The summed E-state index contributed by atoms with van der Waals surface area (Å²) in [6.07, 6.45) is 9.80. The van der Waals surface area contributed by atoms with Gasteiger partial charge in [-0.2, -0.15) is 0 Å². The molecule has 2 nitrogen and oxygen atoms in total. The minimum Gasteiger partial charge on any atom is -0.455 e. The van der Waals surface area contributed by atoms with Crippen LogP contribution in [0.2, 0.25) is 0 Å². The van der Waals surface area contributed by atoms with Gasteiger partial charge in [0.2, 0.25) is 0 Å². The summed E-state index contributed by atoms with van der Waals surface area (Å²) < 4.78 is 6.62. The van der Waals surface area contributed by atoms with Gasteiger partial charge in [-0.25, -0.2) is 0 Å². The first-order valence-electron chi connectivity index (χ1n) is 20.0. The van der Waals surface area contributed by atoms with Crippen LogP contribution in [0.25, 0.3) is 71.5 Å². The Kier molecular flexibility index (Phi) is 8.14. The summed E-state index contributed by atoms with van der Waals surface area (Å²) in [4.78, 5) is 5.83. The Hall–Kier alpha value is -7.03. The number of allylic oxidation sites excluding steroid dienone is 4. The molecule has 1 aliphatic carbocycles. The molecule has 0 fully saturated rings. The van der Waals surface area contributed by atoms with Crippen LogP contribution in [0, 0.1) is 0 Å². The highest BCUT2D eigenvalue weighted by Gasteiger charge is 2.27. The van der Waals surface area contributed by atoms with Crippen LogP contribution in [0.4, 0.5) is 0 Å². The van der Waals surface area contributed by atoms with E-state index < -0.39 is 0 Å². The number of fused-ring (bicyclic) bond motifs is 7. The van der Waals surface area contributed by atoms with E-state index in [2.05, 4.69) is 188 Å². The lowest BCUT2D eigenvalue weighted by Crippen LogP contribution is -2.18. The van der Waals surface area contributed by atoms with Crippen LogP contribution in [-0.2, 0) is 0 Å². The summed E-state index contributed by atoms with van der Waals surface area (Å²) in [5.41, 5.74) is 14.9. The van der Waals surface area contributed by atoms with Gasteiger partial charge in [-0.1, -0.05) is 176 Å². The quantitative estimate of drug-likeness (QED) is 0.162. The van der Waals surface area contributed by atoms with Gasteiger partial charge in [-0.05, 0) is 98.0 Å². The second kappa shape index (κ2) is 13.9. The lowest BCUT2D eigenvalue weighted by molar-refractivity contribution is 0.668. The SMILES string of the molecule is C1=C(c2ccccc2)c2ccccc2C(C2=N/C(c3ccccc3-c3cc4ccccc4c4ccccc34)=C\C(c3cccc4c3oc3ccccc34)=C/CC2)C1. The van der Waals surface area contributed by atoms with E-state index in [1.165, 1.54) is 60.6 Å². The molecule has 0 saturated heterocycles. The lowest BCUT2D eigenvalue weighted by atomic mass is 9.77. The minimum atomic E-state index is 0.166. The standard InChI is InChI=1S/C55H39NO/c1-2-16-36(17-3-1)40-32-33-48(44-23-8-6-22-43(40)44)52-30-14-19-38(41-28-15-29-50-49-27-12-13-31-54(49)57-55(41)50)35-53(56-52)47-26-11-10-25-46(47)51-34-37-18-4-5-20-39(37)42-21-7-9-24-45(42)51/h1-13,15-29,31-32,34-35,48H,14,30,33H2/b38-19+,53-35-,56-52?. The van der Waals surface area contributed by atoms with Gasteiger partial charge in [0.1, 0.15) is 11.2 Å². The van der Waals surface area contributed by atoms with Crippen LogP contribution in [0.3, 0.4) is 0 Å². The van der Waals surface area contributed by atoms with Crippen LogP contribution in [0.15, 0.2) is 204 Å². The Bertz CT molecular complexity index is 3150. The topological polar surface area (TPSA) is 25.5 Å². The van der Waals surface area contributed by atoms with Crippen LogP contribution in [-0.4, -0.2) is 5.71 Å². The first-order valence-corrected chi connectivity index (χ1v) is 20.0. The van der Waals surface area contributed by atoms with Crippen molar-refractivity contribution in [3.05, 3.63) is 222 Å². The smallest absolute Gasteiger partial charge is 0.143 e. The maximum Gasteiger partial charge on any atom is 0.143 e. The van der Waals surface area contributed by atoms with Crippen molar-refractivity contribution in [1.29, 1.82) is 0 Å². The molecular formula is C55H39NO. The number of hydrogen-bond acceptors (Lipinski definition) is 2. The van der Waals surface area contributed by atoms with Crippen molar-refractivity contribution in [2.45, 2.75) is 25.2 Å². The summed E-state index contributed by atoms with van der Waals surface area (Å²) in [5.74, 6) is 0.166. The molecule has 0 amide bonds. The number of aliphatic imine (C=N–C) groups is 1. The highest BCUT2D eigenvalue weighted by atomic mass is 16.3. The fourth-order valence-electron chi connectivity index (χ4n) is 9.32. The molecule has 2 aliphatic rings. The fourth-order valence-corrected chi connectivity index (χ4v) is 9.32. The first kappa shape index (κ1) is 33.3. The fraction of sp³-hybridized carbons (Fsp3) is 0.0727. The summed E-state index contributed by atoms with van der Waals surface area (Å²) in [5, 5.41) is 7.26. The molecule has 2 heteroatoms. The van der Waals surface area contributed by atoms with Gasteiger partial charge in [0.15, 0.2) is 0 Å². The molecule has 0 radical (unpaired) electrons. The predicted octanol–water partition coefficient (Wildman–Crippen LogP) is 14.8. The summed E-state index contributed by atoms with van der Waals surface area (Å²) in [7, 11) is 0. The van der Waals surface area contributed by atoms with Crippen LogP contribution in [0.5, 0.6) is 0 Å². The zero-order chi connectivity index (χ0) is 37.7. The number of hydrogen-bond donors (Lipinski definition) is 0. The van der Waals surface area contributed by atoms with Crippen LogP contribution >= 0.6 is 0 Å². The molecule has 1 unspecified atom stereocenters. The molecule has 1 aliphatic heterocycles. The summed E-state index contributed by atoms with van der Waals surface area (Å²) in [6.45, 7) is 0. The average Bonchev–Trinajstić information content (AvgIpc) is 3.66. The second-order valence-corrected chi connectivity index (χ2v) is 15.2. The molecule has 0 saturated carbocycles. The molecule has 1 atom stereocenters. The van der Waals surface area contributed by atoms with Gasteiger partial charge >= 0.3 is 0 Å². The zero-order valence-corrected chi connectivity index (χ0v) is 31.5. The molecule has 2 heterocycles. The number of rotatable bonds is 5. The maximum atomic E-state index is 6.62. The van der Waals surface area contributed by atoms with Crippen LogP contribution in [0.1, 0.15) is 53.0 Å². The first-order chi connectivity index (χ1) is 28.3. The monoisotopic (exact) mass is 729 g/mol. The predicted molar refractivity (Wildman–Crippen MR) is 241 cm³/mol. The normalized spacial score (nSPS) is 17.6. The maximum absolute atomic E-state index is 6.62. The third-order valence-electron chi connectivity index (χ3n) is 12.0. The van der Waals surface area contributed by atoms with Gasteiger partial charge in [0.05, 0.1) is 5.70 Å². The molecule has 270 valence electrons. The second-order valence-electron chi connectivity index (χ2n) is 15.2. The van der Waals surface area contributed by atoms with Crippen molar-refractivity contribution in [3.8, 4) is 11.1 Å². The lowest BCUT2D eigenvalue weighted by Gasteiger charge is -2.28. The average molecular weight is 730 g/mol.